The van der Waals surface area contributed by atoms with Crippen molar-refractivity contribution in [2.75, 3.05) is 0 Å². The number of hydrogen-bond donors (Lipinski definition) is 1. The number of ether oxygens (including phenoxy) is 1. The van der Waals surface area contributed by atoms with E-state index in [-0.39, 0.29) is 5.97 Å². The topological polar surface area (TPSA) is 68.1 Å². The molecule has 0 fully saturated rings. The van der Waals surface area contributed by atoms with E-state index in [4.69, 9.17) is 9.15 Å². The third-order valence-electron chi connectivity index (χ3n) is 3.74. The smallest absolute Gasteiger partial charge is 0.338 e. The fraction of sp³-hybridized carbons (Fsp3) is 0.0526. The molecule has 0 spiro atoms. The summed E-state index contributed by atoms with van der Waals surface area (Å²) in [7, 11) is 0. The predicted octanol–water partition coefficient (Wildman–Crippen LogP) is 4.18. The zero-order valence-electron chi connectivity index (χ0n) is 12.7. The number of hydrogen-bond acceptors (Lipinski definition) is 4. The van der Waals surface area contributed by atoms with Crippen molar-refractivity contribution in [2.24, 2.45) is 0 Å². The van der Waals surface area contributed by atoms with Gasteiger partial charge in [0.25, 0.3) is 0 Å². The van der Waals surface area contributed by atoms with E-state index in [0.717, 1.165) is 28.2 Å². The van der Waals surface area contributed by atoms with E-state index in [9.17, 15) is 4.79 Å². The lowest BCUT2D eigenvalue weighted by Crippen LogP contribution is -1.91. The fourth-order valence-electron chi connectivity index (χ4n) is 2.55. The first-order valence-corrected chi connectivity index (χ1v) is 7.55. The minimum Gasteiger partial charge on any atom is -0.461 e. The number of carbonyl (C=O) groups is 1. The summed E-state index contributed by atoms with van der Waals surface area (Å²) in [5, 5.41) is 0. The number of benzene rings is 2. The maximum absolute atomic E-state index is 10.8. The van der Waals surface area contributed by atoms with Crippen molar-refractivity contribution in [1.29, 1.82) is 0 Å². The van der Waals surface area contributed by atoms with Gasteiger partial charge in [0.1, 0.15) is 6.61 Å². The van der Waals surface area contributed by atoms with Crippen LogP contribution >= 0.6 is 0 Å². The average molecular weight is 318 g/mol. The largest absolute Gasteiger partial charge is 0.461 e. The van der Waals surface area contributed by atoms with Crippen LogP contribution in [-0.4, -0.2) is 15.9 Å². The van der Waals surface area contributed by atoms with Crippen LogP contribution in [0.4, 0.5) is 0 Å². The molecule has 118 valence electrons. The zero-order chi connectivity index (χ0) is 16.4. The van der Waals surface area contributed by atoms with E-state index in [1.54, 1.807) is 12.3 Å². The summed E-state index contributed by atoms with van der Waals surface area (Å²) in [4.78, 5) is 18.4. The molecule has 4 aromatic rings. The molecule has 5 nitrogen and oxygen atoms in total. The molecule has 1 aliphatic heterocycles. The summed E-state index contributed by atoms with van der Waals surface area (Å²) >= 11 is 0. The highest BCUT2D eigenvalue weighted by Gasteiger charge is 2.18. The number of fused-ring (bicyclic) bond motifs is 2. The number of nitrogens with one attached hydrogen (secondary N) is 1. The van der Waals surface area contributed by atoms with Crippen LogP contribution in [0.5, 0.6) is 0 Å². The lowest BCUT2D eigenvalue weighted by Gasteiger charge is -1.87. The first-order valence-electron chi connectivity index (χ1n) is 7.55. The SMILES string of the molecule is O=C1OCc2ccccc21.c1coc(-c2nc3ccccc3[nH]2)c1. The van der Waals surface area contributed by atoms with Crippen LogP contribution in [0.25, 0.3) is 22.6 Å². The van der Waals surface area contributed by atoms with Crippen molar-refractivity contribution in [3.63, 3.8) is 0 Å². The molecule has 5 heteroatoms. The number of para-hydroxylation sites is 2. The number of esters is 1. The van der Waals surface area contributed by atoms with E-state index >= 15 is 0 Å². The summed E-state index contributed by atoms with van der Waals surface area (Å²) in [6, 6.07) is 19.1. The molecule has 2 aromatic carbocycles. The van der Waals surface area contributed by atoms with Gasteiger partial charge in [-0.15, -0.1) is 0 Å². The highest BCUT2D eigenvalue weighted by Crippen LogP contribution is 2.20. The fourth-order valence-corrected chi connectivity index (χ4v) is 2.55. The summed E-state index contributed by atoms with van der Waals surface area (Å²) < 4.78 is 10.0. The van der Waals surface area contributed by atoms with Gasteiger partial charge in [0, 0.05) is 5.56 Å². The van der Waals surface area contributed by atoms with Gasteiger partial charge in [0.15, 0.2) is 11.6 Å². The number of furan rings is 1. The highest BCUT2D eigenvalue weighted by atomic mass is 16.5. The molecule has 1 aliphatic rings. The Hall–Kier alpha value is -3.34. The Balaban J connectivity index is 0.000000129. The van der Waals surface area contributed by atoms with Crippen molar-refractivity contribution in [3.8, 4) is 11.6 Å². The van der Waals surface area contributed by atoms with Crippen molar-refractivity contribution in [2.45, 2.75) is 6.61 Å². The van der Waals surface area contributed by atoms with Crippen LogP contribution in [-0.2, 0) is 11.3 Å². The molecular weight excluding hydrogens is 304 g/mol. The van der Waals surface area contributed by atoms with Crippen LogP contribution in [0, 0.1) is 0 Å². The maximum Gasteiger partial charge on any atom is 0.338 e. The normalized spacial score (nSPS) is 12.4. The Morgan fingerprint density at radius 1 is 0.958 bits per heavy atom. The standard InChI is InChI=1S/C11H8N2O.C8H6O2/c1-2-5-9-8(4-1)12-11(13-9)10-6-3-7-14-10;9-8-7-4-2-1-3-6(7)5-10-8/h1-7H,(H,12,13);1-4H,5H2. The first-order chi connectivity index (χ1) is 11.8. The zero-order valence-corrected chi connectivity index (χ0v) is 12.7. The Labute approximate surface area is 137 Å². The lowest BCUT2D eigenvalue weighted by molar-refractivity contribution is 0.0535. The van der Waals surface area contributed by atoms with Crippen LogP contribution in [0.2, 0.25) is 0 Å². The van der Waals surface area contributed by atoms with E-state index in [0.29, 0.717) is 12.2 Å². The van der Waals surface area contributed by atoms with Crippen LogP contribution in [0.15, 0.2) is 71.3 Å². The molecule has 0 atom stereocenters. The molecule has 0 amide bonds. The van der Waals surface area contributed by atoms with Gasteiger partial charge in [-0.25, -0.2) is 9.78 Å². The van der Waals surface area contributed by atoms with Crippen molar-refractivity contribution >= 4 is 17.0 Å². The molecule has 24 heavy (non-hydrogen) atoms. The third-order valence-corrected chi connectivity index (χ3v) is 3.74. The first kappa shape index (κ1) is 14.3. The minimum atomic E-state index is -0.199. The van der Waals surface area contributed by atoms with Gasteiger partial charge >= 0.3 is 5.97 Å². The average Bonchev–Trinajstić information content (AvgIpc) is 3.35. The third kappa shape index (κ3) is 2.67. The molecule has 0 aliphatic carbocycles. The van der Waals surface area contributed by atoms with Crippen molar-refractivity contribution in [3.05, 3.63) is 78.1 Å². The van der Waals surface area contributed by atoms with Crippen molar-refractivity contribution in [1.82, 2.24) is 9.97 Å². The number of imidazole rings is 1. The molecule has 2 aromatic heterocycles. The quantitative estimate of drug-likeness (QED) is 0.535. The van der Waals surface area contributed by atoms with Crippen LogP contribution < -0.4 is 0 Å². The lowest BCUT2D eigenvalue weighted by atomic mass is 10.1. The summed E-state index contributed by atoms with van der Waals surface area (Å²) in [5.41, 5.74) is 3.69. The Bertz CT molecular complexity index is 954. The molecule has 0 unspecified atom stereocenters. The Morgan fingerprint density at radius 3 is 2.58 bits per heavy atom. The van der Waals surface area contributed by atoms with Gasteiger partial charge in [-0.05, 0) is 30.3 Å². The number of rotatable bonds is 1. The van der Waals surface area contributed by atoms with Gasteiger partial charge in [0.05, 0.1) is 22.9 Å². The summed E-state index contributed by atoms with van der Waals surface area (Å²) in [6.45, 7) is 0.439. The van der Waals surface area contributed by atoms with Gasteiger partial charge in [-0.1, -0.05) is 30.3 Å². The molecular formula is C19H14N2O3. The minimum absolute atomic E-state index is 0.199. The number of cyclic esters (lactones) is 1. The van der Waals surface area contributed by atoms with Gasteiger partial charge in [-0.2, -0.15) is 0 Å². The molecule has 0 saturated carbocycles. The maximum atomic E-state index is 10.8. The molecule has 5 rings (SSSR count). The van der Waals surface area contributed by atoms with E-state index in [1.165, 1.54) is 0 Å². The Morgan fingerprint density at radius 2 is 1.79 bits per heavy atom. The molecule has 0 saturated heterocycles. The second-order valence-corrected chi connectivity index (χ2v) is 5.31. The molecule has 1 N–H and O–H groups in total. The predicted molar refractivity (Wildman–Crippen MR) is 89.4 cm³/mol. The summed E-state index contributed by atoms with van der Waals surface area (Å²) in [5.74, 6) is 1.34. The van der Waals surface area contributed by atoms with Gasteiger partial charge in [0.2, 0.25) is 0 Å². The van der Waals surface area contributed by atoms with Crippen LogP contribution in [0.1, 0.15) is 15.9 Å². The number of aromatic amines is 1. The van der Waals surface area contributed by atoms with E-state index in [1.807, 2.05) is 54.6 Å². The Kier molecular flexibility index (Phi) is 3.59. The molecule has 0 bridgehead atoms. The van der Waals surface area contributed by atoms with Crippen molar-refractivity contribution < 1.29 is 13.9 Å². The van der Waals surface area contributed by atoms with Gasteiger partial charge < -0.3 is 14.1 Å². The monoisotopic (exact) mass is 318 g/mol. The van der Waals surface area contributed by atoms with Gasteiger partial charge in [-0.3, -0.25) is 0 Å². The second-order valence-electron chi connectivity index (χ2n) is 5.31. The second kappa shape index (κ2) is 6.04. The number of H-pyrrole nitrogens is 1. The van der Waals surface area contributed by atoms with E-state index < -0.39 is 0 Å². The molecule has 3 heterocycles. The summed E-state index contributed by atoms with van der Waals surface area (Å²) in [6.07, 6.45) is 1.64. The highest BCUT2D eigenvalue weighted by molar-refractivity contribution is 5.93. The molecule has 0 radical (unpaired) electrons. The van der Waals surface area contributed by atoms with E-state index in [2.05, 4.69) is 9.97 Å². The van der Waals surface area contributed by atoms with Crippen LogP contribution in [0.3, 0.4) is 0 Å². The number of carbonyl (C=O) groups excluding carboxylic acids is 1. The number of aromatic nitrogens is 2. The number of nitrogens with zero attached hydrogens (tertiary/aromatic N) is 1.